The predicted octanol–water partition coefficient (Wildman–Crippen LogP) is 9.51. The fourth-order valence-corrected chi connectivity index (χ4v) is 7.51. The molecule has 8 heteroatoms. The Kier molecular flexibility index (Phi) is 10.6. The van der Waals surface area contributed by atoms with Crippen LogP contribution >= 0.6 is 0 Å². The fourth-order valence-electron chi connectivity index (χ4n) is 7.51. The number of ether oxygens (including phenoxy) is 2. The summed E-state index contributed by atoms with van der Waals surface area (Å²) in [6.45, 7) is 13.9. The van der Waals surface area contributed by atoms with Gasteiger partial charge in [0, 0.05) is 42.8 Å². The van der Waals surface area contributed by atoms with Crippen LogP contribution in [0.1, 0.15) is 44.4 Å². The molecule has 0 spiro atoms. The predicted molar refractivity (Wildman–Crippen MR) is 217 cm³/mol. The maximum Gasteiger partial charge on any atom is 0.410 e. The average molecular weight is 718 g/mol. The van der Waals surface area contributed by atoms with E-state index in [1.54, 1.807) is 4.90 Å². The third kappa shape index (κ3) is 7.12. The van der Waals surface area contributed by atoms with Gasteiger partial charge in [-0.1, -0.05) is 110 Å². The van der Waals surface area contributed by atoms with Crippen molar-refractivity contribution in [2.24, 2.45) is 0 Å². The highest BCUT2D eigenvalue weighted by atomic mass is 16.6. The molecule has 3 heterocycles. The van der Waals surface area contributed by atoms with Gasteiger partial charge in [-0.15, -0.1) is 0 Å². The first kappa shape index (κ1) is 36.2. The van der Waals surface area contributed by atoms with E-state index in [1.807, 2.05) is 58.2 Å². The number of amides is 1. The van der Waals surface area contributed by atoms with Gasteiger partial charge in [-0.25, -0.2) is 14.5 Å². The first-order valence-corrected chi connectivity index (χ1v) is 18.6. The molecule has 0 N–H and O–H groups in total. The van der Waals surface area contributed by atoms with Gasteiger partial charge in [0.05, 0.1) is 11.6 Å². The number of allylic oxidation sites excluding steroid dienone is 1. The van der Waals surface area contributed by atoms with Crippen LogP contribution in [0.4, 0.5) is 10.6 Å². The van der Waals surface area contributed by atoms with Crippen molar-refractivity contribution < 1.29 is 14.3 Å². The molecule has 2 aromatic heterocycles. The van der Waals surface area contributed by atoms with Gasteiger partial charge in [-0.05, 0) is 80.3 Å². The summed E-state index contributed by atoms with van der Waals surface area (Å²) in [7, 11) is 0. The Morgan fingerprint density at radius 3 is 2.09 bits per heavy atom. The van der Waals surface area contributed by atoms with Gasteiger partial charge in [-0.2, -0.15) is 5.10 Å². The zero-order valence-corrected chi connectivity index (χ0v) is 31.4. The summed E-state index contributed by atoms with van der Waals surface area (Å²) in [4.78, 5) is 21.8. The lowest BCUT2D eigenvalue weighted by atomic mass is 9.77. The van der Waals surface area contributed by atoms with E-state index in [1.165, 1.54) is 0 Å². The van der Waals surface area contributed by atoms with E-state index in [0.717, 1.165) is 56.0 Å². The summed E-state index contributed by atoms with van der Waals surface area (Å²) in [6.07, 6.45) is 5.26. The Labute approximate surface area is 318 Å². The summed E-state index contributed by atoms with van der Waals surface area (Å²) in [6, 6.07) is 42.1. The molecule has 0 radical (unpaired) electrons. The van der Waals surface area contributed by atoms with Gasteiger partial charge in [0.2, 0.25) is 0 Å². The molecular formula is C46H47N5O3. The number of pyridine rings is 1. The van der Waals surface area contributed by atoms with Crippen LogP contribution in [0, 0.1) is 0 Å². The first-order chi connectivity index (χ1) is 26.3. The number of hydrogen-bond donors (Lipinski definition) is 0. The Bertz CT molecular complexity index is 2150. The standard InChI is InChI=1S/C46H47N5O3/c1-6-16-34(4)32-53-45(52)50-28-27-49(31-35(50)5)43-29-36(25-26-47-43)44-41-30-40(54-33(2)3)23-24-42(41)51(48-44)46(37-17-10-7-11-18-37,38-19-12-8-13-20-38)39-21-14-9-15-22-39/h6-26,29-30,33,35H,4,27-28,31-32H2,1-3,5H3. The van der Waals surface area contributed by atoms with E-state index in [0.29, 0.717) is 19.6 Å². The SMILES string of the molecule is C=C(C=CC)COC(=O)N1CCN(c2cc(-c3nn(C(c4ccccc4)(c4ccccc4)c4ccccc4)c4ccc(OC(C)C)cc34)ccn2)CC1C. The van der Waals surface area contributed by atoms with Gasteiger partial charge < -0.3 is 19.3 Å². The number of benzene rings is 4. The normalized spacial score (nSPS) is 14.9. The zero-order valence-electron chi connectivity index (χ0n) is 31.4. The van der Waals surface area contributed by atoms with Gasteiger partial charge in [-0.3, -0.25) is 0 Å². The first-order valence-electron chi connectivity index (χ1n) is 18.6. The second-order valence-electron chi connectivity index (χ2n) is 14.0. The van der Waals surface area contributed by atoms with Gasteiger partial charge in [0.25, 0.3) is 0 Å². The van der Waals surface area contributed by atoms with Crippen LogP contribution in [0.3, 0.4) is 0 Å². The second-order valence-corrected chi connectivity index (χ2v) is 14.0. The van der Waals surface area contributed by atoms with Crippen molar-refractivity contribution in [2.75, 3.05) is 31.1 Å². The lowest BCUT2D eigenvalue weighted by Gasteiger charge is -2.39. The lowest BCUT2D eigenvalue weighted by molar-refractivity contribution is 0.0922. The van der Waals surface area contributed by atoms with E-state index in [2.05, 4.69) is 125 Å². The molecule has 1 saturated heterocycles. The van der Waals surface area contributed by atoms with Crippen LogP contribution in [-0.2, 0) is 10.3 Å². The summed E-state index contributed by atoms with van der Waals surface area (Å²) < 4.78 is 14.0. The van der Waals surface area contributed by atoms with Crippen molar-refractivity contribution in [3.05, 3.63) is 169 Å². The van der Waals surface area contributed by atoms with Crippen LogP contribution in [0.15, 0.2) is 152 Å². The molecule has 1 unspecified atom stereocenters. The Morgan fingerprint density at radius 1 is 0.889 bits per heavy atom. The number of nitrogens with zero attached hydrogens (tertiary/aromatic N) is 5. The maximum atomic E-state index is 13.0. The number of aromatic nitrogens is 3. The molecular weight excluding hydrogens is 671 g/mol. The van der Waals surface area contributed by atoms with E-state index in [-0.39, 0.29) is 24.8 Å². The number of rotatable bonds is 11. The van der Waals surface area contributed by atoms with Crippen molar-refractivity contribution >= 4 is 22.8 Å². The number of piperazine rings is 1. The van der Waals surface area contributed by atoms with Crippen LogP contribution in [0.5, 0.6) is 5.75 Å². The molecule has 7 rings (SSSR count). The smallest absolute Gasteiger partial charge is 0.410 e. The van der Waals surface area contributed by atoms with E-state index < -0.39 is 5.54 Å². The third-order valence-electron chi connectivity index (χ3n) is 9.90. The lowest BCUT2D eigenvalue weighted by Crippen LogP contribution is -2.54. The Hall–Kier alpha value is -6.15. The van der Waals surface area contributed by atoms with Crippen LogP contribution in [0.2, 0.25) is 0 Å². The minimum atomic E-state index is -0.809. The molecule has 0 bridgehead atoms. The molecule has 0 aliphatic carbocycles. The molecule has 6 aromatic rings. The van der Waals surface area contributed by atoms with Crippen LogP contribution in [0.25, 0.3) is 22.2 Å². The molecule has 1 amide bonds. The van der Waals surface area contributed by atoms with Crippen molar-refractivity contribution in [2.45, 2.75) is 45.4 Å². The molecule has 1 aliphatic heterocycles. The Balaban J connectivity index is 1.34. The molecule has 274 valence electrons. The minimum absolute atomic E-state index is 0.00968. The largest absolute Gasteiger partial charge is 0.491 e. The van der Waals surface area contributed by atoms with Gasteiger partial charge in [0.15, 0.2) is 0 Å². The highest BCUT2D eigenvalue weighted by Crippen LogP contribution is 2.44. The summed E-state index contributed by atoms with van der Waals surface area (Å²) >= 11 is 0. The molecule has 4 aromatic carbocycles. The number of carbonyl (C=O) groups excluding carboxylic acids is 1. The molecule has 1 aliphatic rings. The topological polar surface area (TPSA) is 72.7 Å². The van der Waals surface area contributed by atoms with E-state index in [9.17, 15) is 4.79 Å². The molecule has 0 saturated carbocycles. The Morgan fingerprint density at radius 2 is 1.52 bits per heavy atom. The zero-order chi connectivity index (χ0) is 37.7. The van der Waals surface area contributed by atoms with Crippen molar-refractivity contribution in [1.82, 2.24) is 19.7 Å². The monoisotopic (exact) mass is 717 g/mol. The summed E-state index contributed by atoms with van der Waals surface area (Å²) in [5.41, 5.74) is 5.94. The van der Waals surface area contributed by atoms with Gasteiger partial charge >= 0.3 is 6.09 Å². The van der Waals surface area contributed by atoms with Crippen molar-refractivity contribution in [3.63, 3.8) is 0 Å². The molecule has 1 atom stereocenters. The third-order valence-corrected chi connectivity index (χ3v) is 9.90. The molecule has 54 heavy (non-hydrogen) atoms. The summed E-state index contributed by atoms with van der Waals surface area (Å²) in [5.74, 6) is 1.61. The van der Waals surface area contributed by atoms with Crippen LogP contribution in [-0.4, -0.2) is 64.1 Å². The van der Waals surface area contributed by atoms with Crippen molar-refractivity contribution in [1.29, 1.82) is 0 Å². The number of hydrogen-bond acceptors (Lipinski definition) is 6. The highest BCUT2D eigenvalue weighted by Gasteiger charge is 2.41. The number of carbonyl (C=O) groups is 1. The maximum absolute atomic E-state index is 13.0. The number of anilines is 1. The van der Waals surface area contributed by atoms with E-state index in [4.69, 9.17) is 19.6 Å². The quantitative estimate of drug-likeness (QED) is 0.0983. The summed E-state index contributed by atoms with van der Waals surface area (Å²) in [5, 5.41) is 6.57. The second kappa shape index (κ2) is 15.8. The highest BCUT2D eigenvalue weighted by molar-refractivity contribution is 5.95. The fraction of sp³-hybridized carbons (Fsp3) is 0.239. The average Bonchev–Trinajstić information content (AvgIpc) is 3.57. The van der Waals surface area contributed by atoms with E-state index >= 15 is 0 Å². The van der Waals surface area contributed by atoms with Crippen molar-refractivity contribution in [3.8, 4) is 17.0 Å². The molecule has 1 fully saturated rings. The van der Waals surface area contributed by atoms with Gasteiger partial charge in [0.1, 0.15) is 29.4 Å². The minimum Gasteiger partial charge on any atom is -0.491 e. The molecule has 8 nitrogen and oxygen atoms in total. The number of fused-ring (bicyclic) bond motifs is 1. The van der Waals surface area contributed by atoms with Crippen LogP contribution < -0.4 is 9.64 Å².